The van der Waals surface area contributed by atoms with Crippen LogP contribution in [0.3, 0.4) is 0 Å². The van der Waals surface area contributed by atoms with Crippen molar-refractivity contribution in [2.75, 3.05) is 38.0 Å². The maximum atomic E-state index is 11.8. The lowest BCUT2D eigenvalue weighted by atomic mass is 10.0. The number of amidine groups is 1. The summed E-state index contributed by atoms with van der Waals surface area (Å²) in [5.41, 5.74) is 0.661. The van der Waals surface area contributed by atoms with E-state index >= 15 is 0 Å². The van der Waals surface area contributed by atoms with Crippen LogP contribution in [-0.4, -0.2) is 47.9 Å². The predicted octanol–water partition coefficient (Wildman–Crippen LogP) is 0.641. The molecule has 1 N–H and O–H groups in total. The minimum absolute atomic E-state index is 0. The Morgan fingerprint density at radius 1 is 1.14 bits per heavy atom. The highest BCUT2D eigenvalue weighted by Crippen LogP contribution is 2.41. The number of hydrogen-bond donors (Lipinski definition) is 1. The van der Waals surface area contributed by atoms with Gasteiger partial charge < -0.3 is 31.6 Å². The van der Waals surface area contributed by atoms with E-state index in [-0.39, 0.29) is 17.0 Å². The largest absolute Gasteiger partial charge is 1.00 e. The Bertz CT molecular complexity index is 892. The molecule has 8 heteroatoms. The molecule has 2 aliphatic heterocycles. The molecule has 5 nitrogen and oxygen atoms in total. The summed E-state index contributed by atoms with van der Waals surface area (Å²) < 4.78 is 14.1. The quantitative estimate of drug-likeness (QED) is 0.589. The molecule has 0 bridgehead atoms. The molecule has 1 unspecified atom stereocenters. The van der Waals surface area contributed by atoms with Crippen LogP contribution in [0.5, 0.6) is 11.5 Å². The first-order chi connectivity index (χ1) is 13.1. The molecule has 2 heterocycles. The van der Waals surface area contributed by atoms with Crippen molar-refractivity contribution in [3.05, 3.63) is 52.5 Å². The minimum Gasteiger partial charge on any atom is -1.00 e. The zero-order chi connectivity index (χ0) is 19.0. The second kappa shape index (κ2) is 8.65. The number of nitrogens with zero attached hydrogens (tertiary/aromatic N) is 2. The van der Waals surface area contributed by atoms with Crippen LogP contribution in [0.2, 0.25) is 0 Å². The van der Waals surface area contributed by atoms with Crippen molar-refractivity contribution in [3.63, 3.8) is 0 Å². The first kappa shape index (κ1) is 21.5. The van der Waals surface area contributed by atoms with Crippen LogP contribution < -0.4 is 31.4 Å². The Labute approximate surface area is 188 Å². The number of ether oxygens (including phenoxy) is 2. The molecule has 0 amide bonds. The van der Waals surface area contributed by atoms with Crippen LogP contribution in [-0.2, 0) is 5.72 Å². The van der Waals surface area contributed by atoms with Crippen molar-refractivity contribution in [2.45, 2.75) is 12.1 Å². The second-order valence-corrected chi connectivity index (χ2v) is 8.56. The molecule has 0 aromatic heterocycles. The van der Waals surface area contributed by atoms with Gasteiger partial charge in [0.15, 0.2) is 6.54 Å². The lowest BCUT2D eigenvalue weighted by Gasteiger charge is -2.26. The number of benzene rings is 2. The zero-order valence-corrected chi connectivity index (χ0v) is 19.7. The Morgan fingerprint density at radius 2 is 1.89 bits per heavy atom. The van der Waals surface area contributed by atoms with E-state index in [1.807, 2.05) is 30.3 Å². The maximum absolute atomic E-state index is 11.8. The van der Waals surface area contributed by atoms with Crippen LogP contribution in [0.25, 0.3) is 0 Å². The number of aliphatic hydroxyl groups is 1. The third-order valence-electron chi connectivity index (χ3n) is 5.02. The number of hydrogen-bond acceptors (Lipinski definition) is 5. The molecule has 0 radical (unpaired) electrons. The summed E-state index contributed by atoms with van der Waals surface area (Å²) in [7, 11) is 3.25. The highest BCUT2D eigenvalue weighted by molar-refractivity contribution is 9.10. The van der Waals surface area contributed by atoms with Gasteiger partial charge in [0.1, 0.15) is 17.2 Å². The van der Waals surface area contributed by atoms with Gasteiger partial charge in [-0.15, -0.1) is 0 Å². The fourth-order valence-corrected chi connectivity index (χ4v) is 5.13. The van der Waals surface area contributed by atoms with Gasteiger partial charge in [0.25, 0.3) is 5.72 Å². The Morgan fingerprint density at radius 3 is 2.57 bits per heavy atom. The van der Waals surface area contributed by atoms with Crippen LogP contribution in [0.15, 0.2) is 46.9 Å². The monoisotopic (exact) mass is 528 g/mol. The molecule has 0 saturated heterocycles. The topological polar surface area (TPSA) is 44.9 Å². The third kappa shape index (κ3) is 3.67. The minimum atomic E-state index is -1.16. The predicted molar refractivity (Wildman–Crippen MR) is 112 cm³/mol. The molecular formula is C20H22Br2N2O3S. The number of halogens is 2. The van der Waals surface area contributed by atoms with Crippen LogP contribution in [0, 0.1) is 0 Å². The van der Waals surface area contributed by atoms with Gasteiger partial charge in [-0.25, -0.2) is 9.48 Å². The van der Waals surface area contributed by atoms with E-state index in [2.05, 4.69) is 37.5 Å². The molecule has 28 heavy (non-hydrogen) atoms. The molecule has 0 spiro atoms. The van der Waals surface area contributed by atoms with Gasteiger partial charge in [0, 0.05) is 16.3 Å². The molecule has 150 valence electrons. The molecule has 0 aliphatic carbocycles. The summed E-state index contributed by atoms with van der Waals surface area (Å²) in [6.45, 7) is 1.25. The number of thioether (sulfide) groups is 1. The third-order valence-corrected chi connectivity index (χ3v) is 6.74. The van der Waals surface area contributed by atoms with Gasteiger partial charge in [0.05, 0.1) is 26.3 Å². The van der Waals surface area contributed by atoms with Gasteiger partial charge >= 0.3 is 5.17 Å². The van der Waals surface area contributed by atoms with E-state index in [1.165, 1.54) is 0 Å². The van der Waals surface area contributed by atoms with Gasteiger partial charge in [0.2, 0.25) is 0 Å². The van der Waals surface area contributed by atoms with Crippen LogP contribution in [0.4, 0.5) is 5.69 Å². The molecule has 0 fully saturated rings. The first-order valence-electron chi connectivity index (χ1n) is 8.82. The number of methoxy groups -OCH3 is 2. The number of anilines is 1. The zero-order valence-electron chi connectivity index (χ0n) is 15.7. The normalized spacial score (nSPS) is 21.2. The van der Waals surface area contributed by atoms with Gasteiger partial charge in [-0.05, 0) is 54.6 Å². The highest BCUT2D eigenvalue weighted by atomic mass is 79.9. The molecular weight excluding hydrogens is 508 g/mol. The van der Waals surface area contributed by atoms with Crippen molar-refractivity contribution in [1.29, 1.82) is 0 Å². The fraction of sp³-hybridized carbons (Fsp3) is 0.350. The number of rotatable bonds is 4. The average molecular weight is 530 g/mol. The smallest absolute Gasteiger partial charge is 0.316 e. The van der Waals surface area contributed by atoms with E-state index in [1.54, 1.807) is 26.0 Å². The number of β-amino-alcohol motifs (C(OH)–C–C–N with tert-alkyl or cyclic N) is 1. The van der Waals surface area contributed by atoms with E-state index in [0.717, 1.165) is 39.6 Å². The van der Waals surface area contributed by atoms with Crippen molar-refractivity contribution >= 4 is 38.5 Å². The van der Waals surface area contributed by atoms with Crippen LogP contribution in [0.1, 0.15) is 12.0 Å². The molecule has 1 atom stereocenters. The van der Waals surface area contributed by atoms with E-state index in [4.69, 9.17) is 9.47 Å². The Kier molecular flexibility index (Phi) is 6.64. The molecule has 2 aromatic rings. The maximum Gasteiger partial charge on any atom is 0.316 e. The molecule has 2 aliphatic rings. The Balaban J connectivity index is 0.00000225. The van der Waals surface area contributed by atoms with Crippen molar-refractivity contribution in [1.82, 2.24) is 0 Å². The SMILES string of the molecule is COc1ccc(C2(O)CN(c3ccc(Br)cc3)C3=[N+]2CCCS3)c(OC)c1.[Br-]. The summed E-state index contributed by atoms with van der Waals surface area (Å²) >= 11 is 5.29. The van der Waals surface area contributed by atoms with Gasteiger partial charge in [-0.1, -0.05) is 15.9 Å². The summed E-state index contributed by atoms with van der Waals surface area (Å²) in [6, 6.07) is 13.8. The van der Waals surface area contributed by atoms with Crippen molar-refractivity contribution in [2.24, 2.45) is 0 Å². The first-order valence-corrected chi connectivity index (χ1v) is 10.6. The van der Waals surface area contributed by atoms with E-state index in [0.29, 0.717) is 18.0 Å². The standard InChI is InChI=1S/C20H22BrN2O3S.BrH/c1-25-16-8-9-17(18(12-16)26-2)20(24)13-22(15-6-4-14(21)5-7-15)19-23(20)10-3-11-27-19;/h4-9,12,24H,3,10-11,13H2,1-2H3;1H/q+1;/p-1. The van der Waals surface area contributed by atoms with Crippen molar-refractivity contribution in [3.8, 4) is 11.5 Å². The molecule has 2 aromatic carbocycles. The summed E-state index contributed by atoms with van der Waals surface area (Å²) in [6.07, 6.45) is 1.03. The van der Waals surface area contributed by atoms with E-state index in [9.17, 15) is 5.11 Å². The highest BCUT2D eigenvalue weighted by Gasteiger charge is 2.54. The Hall–Kier alpha value is -1.22. The fourth-order valence-electron chi connectivity index (χ4n) is 3.68. The lowest BCUT2D eigenvalue weighted by Crippen LogP contribution is -3.00. The van der Waals surface area contributed by atoms with Gasteiger partial charge in [-0.3, -0.25) is 0 Å². The van der Waals surface area contributed by atoms with Crippen LogP contribution >= 0.6 is 27.7 Å². The molecule has 4 rings (SSSR count). The second-order valence-electron chi connectivity index (χ2n) is 6.58. The van der Waals surface area contributed by atoms with E-state index < -0.39 is 5.72 Å². The summed E-state index contributed by atoms with van der Waals surface area (Å²) in [5.74, 6) is 2.39. The van der Waals surface area contributed by atoms with Crippen molar-refractivity contribution < 1.29 is 36.1 Å². The lowest BCUT2D eigenvalue weighted by molar-refractivity contribution is -0.656. The summed E-state index contributed by atoms with van der Waals surface area (Å²) in [5, 5.41) is 12.9. The molecule has 0 saturated carbocycles. The van der Waals surface area contributed by atoms with Gasteiger partial charge in [-0.2, -0.15) is 0 Å². The average Bonchev–Trinajstić information content (AvgIpc) is 3.02. The summed E-state index contributed by atoms with van der Waals surface area (Å²) in [4.78, 5) is 2.19.